The summed E-state index contributed by atoms with van der Waals surface area (Å²) < 4.78 is 24.1. The third-order valence-corrected chi connectivity index (χ3v) is 15.3. The molecule has 4 heterocycles. The number of nitrogens with zero attached hydrogens (tertiary/aromatic N) is 2. The lowest BCUT2D eigenvalue weighted by molar-refractivity contribution is -0.0399. The predicted octanol–water partition coefficient (Wildman–Crippen LogP) is 4.16. The Morgan fingerprint density at radius 1 is 1.07 bits per heavy atom. The number of aromatic amines is 1. The van der Waals surface area contributed by atoms with E-state index in [0.29, 0.717) is 18.0 Å². The Balaban J connectivity index is 1.24. The van der Waals surface area contributed by atoms with Gasteiger partial charge in [-0.3, -0.25) is 14.3 Å². The Bertz CT molecular complexity index is 1430. The fourth-order valence-electron chi connectivity index (χ4n) is 6.72. The lowest BCUT2D eigenvalue weighted by Crippen LogP contribution is -2.58. The molecule has 3 fully saturated rings. The molecule has 0 saturated carbocycles. The molecule has 0 unspecified atom stereocenters. The molecule has 0 bridgehead atoms. The first-order valence-electron chi connectivity index (χ1n) is 14.7. The second kappa shape index (κ2) is 11.7. The Hall–Kier alpha value is -2.39. The van der Waals surface area contributed by atoms with Crippen LogP contribution in [0.25, 0.3) is 0 Å². The number of aryl methyl sites for hydroxylation is 1. The molecule has 6 rings (SSSR count). The van der Waals surface area contributed by atoms with Crippen LogP contribution in [0.3, 0.4) is 0 Å². The SMILES string of the molecule is Cc1cn([C@H]2C[C@@H](O[P@]3O[C@@H](C[Si](C)(c4ccccc4)c4ccccc4)[C@H]4CCCN43)[C@@H](C(C)C)O2)c(=O)[nH]c1=O. The zero-order chi connectivity index (χ0) is 28.7. The Morgan fingerprint density at radius 2 is 1.73 bits per heavy atom. The van der Waals surface area contributed by atoms with Gasteiger partial charge in [0, 0.05) is 30.8 Å². The van der Waals surface area contributed by atoms with Crippen molar-refractivity contribution >= 4 is 27.0 Å². The molecule has 3 aliphatic heterocycles. The largest absolute Gasteiger partial charge is 0.352 e. The highest BCUT2D eigenvalue weighted by molar-refractivity contribution is 7.45. The number of hydrogen-bond acceptors (Lipinski definition) is 6. The maximum Gasteiger partial charge on any atom is 0.330 e. The molecule has 3 aliphatic rings. The number of H-pyrrole nitrogens is 1. The zero-order valence-corrected chi connectivity index (χ0v) is 26.1. The number of ether oxygens (including phenoxy) is 1. The maximum atomic E-state index is 12.6. The van der Waals surface area contributed by atoms with Crippen molar-refractivity contribution in [2.75, 3.05) is 6.54 Å². The molecule has 1 N–H and O–H groups in total. The summed E-state index contributed by atoms with van der Waals surface area (Å²) in [4.78, 5) is 27.0. The van der Waals surface area contributed by atoms with E-state index in [4.69, 9.17) is 13.8 Å². The second-order valence-corrected chi connectivity index (χ2v) is 17.8. The molecular weight excluding hydrogens is 553 g/mol. The van der Waals surface area contributed by atoms with Crippen LogP contribution in [0.15, 0.2) is 76.4 Å². The molecule has 0 spiro atoms. The Labute approximate surface area is 243 Å². The molecule has 8 nitrogen and oxygen atoms in total. The monoisotopic (exact) mass is 593 g/mol. The molecule has 218 valence electrons. The van der Waals surface area contributed by atoms with Crippen molar-refractivity contribution in [2.24, 2.45) is 5.92 Å². The standard InChI is InChI=1S/C31H40N3O5PSi/c1-21(2)29-26(18-28(37-29)33-19-22(3)30(35)32-31(33)36)38-40-34-17-11-16-25(34)27(39-40)20-41(4,23-12-7-5-8-13-23)24-14-9-6-10-15-24/h5-10,12-15,19,21,25-29H,11,16-18,20H2,1-4H3,(H,32,35,36)/t25-,26-,27+,28-,29-,40-/m1/s1. The number of rotatable bonds is 8. The van der Waals surface area contributed by atoms with Gasteiger partial charge in [-0.1, -0.05) is 91.4 Å². The third kappa shape index (κ3) is 5.56. The van der Waals surface area contributed by atoms with Gasteiger partial charge in [0.15, 0.2) is 0 Å². The highest BCUT2D eigenvalue weighted by atomic mass is 31.2. The van der Waals surface area contributed by atoms with Gasteiger partial charge in [0.2, 0.25) is 0 Å². The average Bonchev–Trinajstić information content (AvgIpc) is 3.69. The minimum absolute atomic E-state index is 0.0979. The first-order chi connectivity index (χ1) is 19.7. The highest BCUT2D eigenvalue weighted by Crippen LogP contribution is 2.59. The fourth-order valence-corrected chi connectivity index (χ4v) is 12.7. The summed E-state index contributed by atoms with van der Waals surface area (Å²) in [7, 11) is -3.35. The summed E-state index contributed by atoms with van der Waals surface area (Å²) >= 11 is 0. The minimum atomic E-state index is -2.09. The summed E-state index contributed by atoms with van der Waals surface area (Å²) in [6.07, 6.45) is 3.59. The van der Waals surface area contributed by atoms with Gasteiger partial charge in [-0.15, -0.1) is 0 Å². The van der Waals surface area contributed by atoms with E-state index in [1.807, 2.05) is 0 Å². The fraction of sp³-hybridized carbons (Fsp3) is 0.484. The molecule has 2 aromatic carbocycles. The maximum absolute atomic E-state index is 12.6. The van der Waals surface area contributed by atoms with Crippen molar-refractivity contribution in [1.82, 2.24) is 14.2 Å². The first-order valence-corrected chi connectivity index (χ1v) is 18.6. The van der Waals surface area contributed by atoms with Gasteiger partial charge < -0.3 is 13.8 Å². The summed E-state index contributed by atoms with van der Waals surface area (Å²) in [5, 5.41) is 2.84. The normalized spacial score (nSPS) is 28.4. The quantitative estimate of drug-likeness (QED) is 0.312. The molecule has 0 radical (unpaired) electrons. The predicted molar refractivity (Wildman–Crippen MR) is 164 cm³/mol. The van der Waals surface area contributed by atoms with Gasteiger partial charge in [-0.05, 0) is 31.7 Å². The second-order valence-electron chi connectivity index (χ2n) is 12.2. The van der Waals surface area contributed by atoms with E-state index in [2.05, 4.69) is 90.7 Å². The van der Waals surface area contributed by atoms with Crippen molar-refractivity contribution < 1.29 is 13.8 Å². The lowest BCUT2D eigenvalue weighted by Gasteiger charge is -2.32. The molecule has 1 aromatic heterocycles. The summed E-state index contributed by atoms with van der Waals surface area (Å²) in [5.74, 6) is 0.194. The van der Waals surface area contributed by atoms with Crippen molar-refractivity contribution in [3.8, 4) is 0 Å². The van der Waals surface area contributed by atoms with Crippen LogP contribution in [0.5, 0.6) is 0 Å². The van der Waals surface area contributed by atoms with Gasteiger partial charge in [-0.2, -0.15) is 0 Å². The van der Waals surface area contributed by atoms with E-state index in [0.717, 1.165) is 25.4 Å². The topological polar surface area (TPSA) is 85.8 Å². The van der Waals surface area contributed by atoms with Crippen LogP contribution in [0, 0.1) is 12.8 Å². The molecule has 3 aromatic rings. The van der Waals surface area contributed by atoms with Crippen LogP contribution >= 0.6 is 8.53 Å². The molecule has 10 heteroatoms. The van der Waals surface area contributed by atoms with E-state index in [9.17, 15) is 9.59 Å². The van der Waals surface area contributed by atoms with Crippen LogP contribution in [-0.2, 0) is 13.8 Å². The van der Waals surface area contributed by atoms with Gasteiger partial charge in [-0.25, -0.2) is 9.46 Å². The van der Waals surface area contributed by atoms with Crippen LogP contribution in [-0.4, -0.2) is 53.2 Å². The first kappa shape index (κ1) is 28.7. The molecule has 0 amide bonds. The van der Waals surface area contributed by atoms with Gasteiger partial charge in [0.1, 0.15) is 14.3 Å². The molecule has 6 atom stereocenters. The minimum Gasteiger partial charge on any atom is -0.352 e. The van der Waals surface area contributed by atoms with Crippen molar-refractivity contribution in [1.29, 1.82) is 0 Å². The highest BCUT2D eigenvalue weighted by Gasteiger charge is 2.52. The number of aromatic nitrogens is 2. The molecule has 41 heavy (non-hydrogen) atoms. The zero-order valence-electron chi connectivity index (χ0n) is 24.2. The summed E-state index contributed by atoms with van der Waals surface area (Å²) in [6.45, 7) is 9.37. The number of hydrogen-bond donors (Lipinski definition) is 1. The third-order valence-electron chi connectivity index (χ3n) is 9.02. The van der Waals surface area contributed by atoms with Crippen LogP contribution in [0.2, 0.25) is 12.6 Å². The summed E-state index contributed by atoms with van der Waals surface area (Å²) in [5.41, 5.74) is -0.343. The van der Waals surface area contributed by atoms with Crippen LogP contribution in [0.4, 0.5) is 0 Å². The van der Waals surface area contributed by atoms with Gasteiger partial charge in [0.25, 0.3) is 14.1 Å². The van der Waals surface area contributed by atoms with Crippen molar-refractivity contribution in [3.63, 3.8) is 0 Å². The van der Waals surface area contributed by atoms with Crippen LogP contribution in [0.1, 0.15) is 44.9 Å². The number of nitrogens with one attached hydrogen (secondary N) is 1. The van der Waals surface area contributed by atoms with Gasteiger partial charge in [0.05, 0.1) is 18.3 Å². The van der Waals surface area contributed by atoms with Crippen LogP contribution < -0.4 is 21.6 Å². The van der Waals surface area contributed by atoms with E-state index < -0.39 is 28.5 Å². The van der Waals surface area contributed by atoms with Crippen molar-refractivity contribution in [3.05, 3.63) is 93.3 Å². The number of fused-ring (bicyclic) bond motifs is 1. The lowest BCUT2D eigenvalue weighted by atomic mass is 10.0. The van der Waals surface area contributed by atoms with Crippen molar-refractivity contribution in [2.45, 2.75) is 83.2 Å². The average molecular weight is 594 g/mol. The van der Waals surface area contributed by atoms with E-state index >= 15 is 0 Å². The smallest absolute Gasteiger partial charge is 0.330 e. The molecule has 0 aliphatic carbocycles. The Morgan fingerprint density at radius 3 is 2.37 bits per heavy atom. The van der Waals surface area contributed by atoms with E-state index in [1.54, 1.807) is 13.1 Å². The molecular formula is C31H40N3O5PSi. The molecule has 3 saturated heterocycles. The van der Waals surface area contributed by atoms with Gasteiger partial charge >= 0.3 is 5.69 Å². The summed E-state index contributed by atoms with van der Waals surface area (Å²) in [6, 6.07) is 23.2. The Kier molecular flexibility index (Phi) is 8.20. The number of benzene rings is 2. The van der Waals surface area contributed by atoms with E-state index in [-0.39, 0.29) is 29.8 Å². The van der Waals surface area contributed by atoms with E-state index in [1.165, 1.54) is 14.9 Å².